The van der Waals surface area contributed by atoms with Crippen LogP contribution >= 0.6 is 11.8 Å². The van der Waals surface area contributed by atoms with Crippen LogP contribution < -0.4 is 0 Å². The van der Waals surface area contributed by atoms with Crippen LogP contribution in [0.2, 0.25) is 0 Å². The molecule has 0 aliphatic rings. The van der Waals surface area contributed by atoms with Crippen molar-refractivity contribution in [3.63, 3.8) is 0 Å². The van der Waals surface area contributed by atoms with Gasteiger partial charge in [0.15, 0.2) is 0 Å². The normalized spacial score (nSPS) is 10.8. The van der Waals surface area contributed by atoms with Gasteiger partial charge < -0.3 is 4.74 Å². The Labute approximate surface area is 100 Å². The molecule has 96 valence electrons. The average molecular weight is 254 g/mol. The molecular formula is C11H20F2O2S. The molecule has 0 aromatic heterocycles. The summed E-state index contributed by atoms with van der Waals surface area (Å²) in [6.45, 7) is 1.86. The summed E-state index contributed by atoms with van der Waals surface area (Å²) in [5.41, 5.74) is 0. The predicted molar refractivity (Wildman–Crippen MR) is 63.0 cm³/mol. The minimum Gasteiger partial charge on any atom is -0.465 e. The van der Waals surface area contributed by atoms with Crippen LogP contribution in [-0.4, -0.2) is 30.5 Å². The number of carbonyl (C=O) groups is 1. The first kappa shape index (κ1) is 15.7. The van der Waals surface area contributed by atoms with Crippen molar-refractivity contribution in [2.75, 3.05) is 18.1 Å². The summed E-state index contributed by atoms with van der Waals surface area (Å²) in [6, 6.07) is 0. The lowest BCUT2D eigenvalue weighted by atomic mass is 10.2. The lowest BCUT2D eigenvalue weighted by Gasteiger charge is -2.03. The van der Waals surface area contributed by atoms with Gasteiger partial charge in [0.25, 0.3) is 0 Å². The Balaban J connectivity index is 2.96. The molecular weight excluding hydrogens is 234 g/mol. The quantitative estimate of drug-likeness (QED) is 0.441. The second-order valence-corrected chi connectivity index (χ2v) is 4.77. The minimum atomic E-state index is -2.15. The Hall–Kier alpha value is -0.320. The van der Waals surface area contributed by atoms with Gasteiger partial charge in [-0.3, -0.25) is 4.79 Å². The number of esters is 1. The number of thioether (sulfide) groups is 1. The van der Waals surface area contributed by atoms with Crippen LogP contribution in [-0.2, 0) is 9.53 Å². The van der Waals surface area contributed by atoms with Crippen molar-refractivity contribution in [3.8, 4) is 0 Å². The Morgan fingerprint density at radius 1 is 1.19 bits per heavy atom. The molecule has 0 unspecified atom stereocenters. The molecule has 16 heavy (non-hydrogen) atoms. The summed E-state index contributed by atoms with van der Waals surface area (Å²) in [4.78, 5) is 10.4. The van der Waals surface area contributed by atoms with E-state index in [4.69, 9.17) is 4.74 Å². The van der Waals surface area contributed by atoms with Crippen molar-refractivity contribution in [2.24, 2.45) is 0 Å². The van der Waals surface area contributed by atoms with E-state index >= 15 is 0 Å². The lowest BCUT2D eigenvalue weighted by molar-refractivity contribution is -0.140. The van der Waals surface area contributed by atoms with E-state index in [9.17, 15) is 13.6 Å². The van der Waals surface area contributed by atoms with Crippen molar-refractivity contribution in [2.45, 2.75) is 45.5 Å². The third kappa shape index (κ3) is 13.7. The molecule has 0 aliphatic heterocycles. The van der Waals surface area contributed by atoms with Gasteiger partial charge in [-0.15, -0.1) is 0 Å². The molecule has 0 fully saturated rings. The maximum atomic E-state index is 11.8. The Kier molecular flexibility index (Phi) is 11.0. The van der Waals surface area contributed by atoms with Gasteiger partial charge in [0.05, 0.1) is 0 Å². The Bertz CT molecular complexity index is 177. The molecule has 2 nitrogen and oxygen atoms in total. The molecule has 0 saturated heterocycles. The van der Waals surface area contributed by atoms with Crippen molar-refractivity contribution in [1.82, 2.24) is 0 Å². The summed E-state index contributed by atoms with van der Waals surface area (Å²) < 4.78 is 28.3. The van der Waals surface area contributed by atoms with Crippen LogP contribution in [0, 0.1) is 0 Å². The molecule has 0 atom stereocenters. The first-order valence-electron chi connectivity index (χ1n) is 5.62. The number of halogens is 2. The molecule has 5 heteroatoms. The lowest BCUT2D eigenvalue weighted by Crippen LogP contribution is -2.02. The number of hydrogen-bond donors (Lipinski definition) is 0. The Morgan fingerprint density at radius 2 is 1.88 bits per heavy atom. The van der Waals surface area contributed by atoms with Crippen molar-refractivity contribution < 1.29 is 18.3 Å². The largest absolute Gasteiger partial charge is 0.465 e. The zero-order chi connectivity index (χ0) is 12.2. The highest BCUT2D eigenvalue weighted by molar-refractivity contribution is 7.99. The summed E-state index contributed by atoms with van der Waals surface area (Å²) >= 11 is 1.73. The zero-order valence-electron chi connectivity index (χ0n) is 9.71. The van der Waals surface area contributed by atoms with Gasteiger partial charge in [-0.05, 0) is 18.6 Å². The second kappa shape index (κ2) is 11.2. The topological polar surface area (TPSA) is 26.3 Å². The van der Waals surface area contributed by atoms with E-state index in [1.807, 2.05) is 0 Å². The summed E-state index contributed by atoms with van der Waals surface area (Å²) in [5, 5.41) is 0. The first-order valence-corrected chi connectivity index (χ1v) is 6.77. The second-order valence-electron chi connectivity index (χ2n) is 3.55. The predicted octanol–water partition coefficient (Wildman–Crippen LogP) is 3.50. The number of carbonyl (C=O) groups excluding carboxylic acids is 1. The van der Waals surface area contributed by atoms with Crippen molar-refractivity contribution in [3.05, 3.63) is 0 Å². The number of hydrogen-bond acceptors (Lipinski definition) is 3. The molecule has 0 bridgehead atoms. The summed E-state index contributed by atoms with van der Waals surface area (Å²) in [5.74, 6) is 1.58. The van der Waals surface area contributed by atoms with Crippen LogP contribution in [0.15, 0.2) is 0 Å². The van der Waals surface area contributed by atoms with E-state index in [-0.39, 0.29) is 12.4 Å². The average Bonchev–Trinajstić information content (AvgIpc) is 2.20. The van der Waals surface area contributed by atoms with Gasteiger partial charge in [-0.2, -0.15) is 11.8 Å². The van der Waals surface area contributed by atoms with Crippen LogP contribution in [0.25, 0.3) is 0 Å². The molecule has 0 aliphatic carbocycles. The van der Waals surface area contributed by atoms with Gasteiger partial charge in [-0.25, -0.2) is 8.78 Å². The Morgan fingerprint density at radius 3 is 2.50 bits per heavy atom. The third-order valence-electron chi connectivity index (χ3n) is 1.99. The maximum absolute atomic E-state index is 11.8. The van der Waals surface area contributed by atoms with E-state index in [0.717, 1.165) is 30.8 Å². The number of rotatable bonds is 10. The highest BCUT2D eigenvalue weighted by atomic mass is 32.2. The number of alkyl halides is 2. The highest BCUT2D eigenvalue weighted by Crippen LogP contribution is 2.11. The van der Waals surface area contributed by atoms with Crippen LogP contribution in [0.4, 0.5) is 8.78 Å². The van der Waals surface area contributed by atoms with E-state index in [1.165, 1.54) is 6.92 Å². The van der Waals surface area contributed by atoms with Crippen molar-refractivity contribution >= 4 is 17.7 Å². The molecule has 0 heterocycles. The highest BCUT2D eigenvalue weighted by Gasteiger charge is 2.00. The summed E-state index contributed by atoms with van der Waals surface area (Å²) in [6.07, 6.45) is 1.43. The van der Waals surface area contributed by atoms with Crippen LogP contribution in [0.5, 0.6) is 0 Å². The number of ether oxygens (including phenoxy) is 1. The summed E-state index contributed by atoms with van der Waals surface area (Å²) in [7, 11) is 0. The van der Waals surface area contributed by atoms with Crippen molar-refractivity contribution in [1.29, 1.82) is 0 Å². The van der Waals surface area contributed by atoms with E-state index in [2.05, 4.69) is 0 Å². The molecule has 0 radical (unpaired) electrons. The molecule has 0 aromatic rings. The molecule has 0 amide bonds. The van der Waals surface area contributed by atoms with Gasteiger partial charge in [0, 0.05) is 19.1 Å². The van der Waals surface area contributed by atoms with Crippen LogP contribution in [0.1, 0.15) is 39.0 Å². The standard InChI is InChI=1S/C11H20F2O2S/c1-10(14)15-7-9-16-8-5-3-2-4-6-11(12)13/h11H,2-9H2,1H3. The van der Waals surface area contributed by atoms with Gasteiger partial charge in [0.1, 0.15) is 6.61 Å². The minimum absolute atomic E-state index is 0.0274. The monoisotopic (exact) mass is 254 g/mol. The number of unbranched alkanes of at least 4 members (excludes halogenated alkanes) is 3. The third-order valence-corrected chi connectivity index (χ3v) is 3.03. The van der Waals surface area contributed by atoms with Gasteiger partial charge in [-0.1, -0.05) is 12.8 Å². The van der Waals surface area contributed by atoms with E-state index in [0.29, 0.717) is 13.0 Å². The van der Waals surface area contributed by atoms with Gasteiger partial charge >= 0.3 is 5.97 Å². The fourth-order valence-electron chi connectivity index (χ4n) is 1.20. The maximum Gasteiger partial charge on any atom is 0.302 e. The molecule has 0 aromatic carbocycles. The fraction of sp³-hybridized carbons (Fsp3) is 0.909. The zero-order valence-corrected chi connectivity index (χ0v) is 10.5. The van der Waals surface area contributed by atoms with E-state index in [1.54, 1.807) is 11.8 Å². The van der Waals surface area contributed by atoms with E-state index < -0.39 is 6.43 Å². The smallest absolute Gasteiger partial charge is 0.302 e. The fourth-order valence-corrected chi connectivity index (χ4v) is 2.02. The first-order chi connectivity index (χ1) is 7.63. The molecule has 0 N–H and O–H groups in total. The SMILES string of the molecule is CC(=O)OCCSCCCCCCC(F)F. The van der Waals surface area contributed by atoms with Gasteiger partial charge in [0.2, 0.25) is 6.43 Å². The molecule has 0 saturated carbocycles. The molecule has 0 spiro atoms. The van der Waals surface area contributed by atoms with Crippen LogP contribution in [0.3, 0.4) is 0 Å². The molecule has 0 rings (SSSR count).